The van der Waals surface area contributed by atoms with Gasteiger partial charge in [0.05, 0.1) is 5.56 Å². The second-order valence-electron chi connectivity index (χ2n) is 3.77. The van der Waals surface area contributed by atoms with Crippen molar-refractivity contribution in [2.45, 2.75) is 19.5 Å². The summed E-state index contributed by atoms with van der Waals surface area (Å²) < 4.78 is 36.9. The molecule has 0 fully saturated rings. The highest BCUT2D eigenvalue weighted by Crippen LogP contribution is 2.28. The maximum Gasteiger partial charge on any atom is 0.416 e. The first kappa shape index (κ1) is 13.4. The van der Waals surface area contributed by atoms with Crippen molar-refractivity contribution < 1.29 is 13.2 Å². The molecule has 0 aliphatic heterocycles. The van der Waals surface area contributed by atoms with E-state index in [2.05, 4.69) is 18.4 Å². The largest absolute Gasteiger partial charge is 0.416 e. The molecule has 1 atom stereocenters. The van der Waals surface area contributed by atoms with Gasteiger partial charge in [-0.25, -0.2) is 0 Å². The first-order valence-corrected chi connectivity index (χ1v) is 5.23. The molecule has 0 N–H and O–H groups in total. The van der Waals surface area contributed by atoms with Crippen LogP contribution in [0.15, 0.2) is 36.9 Å². The molecule has 1 rings (SSSR count). The van der Waals surface area contributed by atoms with Crippen molar-refractivity contribution in [1.82, 2.24) is 0 Å². The lowest BCUT2D eigenvalue weighted by Crippen LogP contribution is -2.04. The standard InChI is InChI=1S/C14H13F3/c1-3-4-11(2)5-6-12-7-9-13(10-8-12)14(15,16)17/h3,7-11H,1,4H2,2H3. The maximum absolute atomic E-state index is 12.3. The fraction of sp³-hybridized carbons (Fsp3) is 0.286. The molecule has 0 nitrogen and oxygen atoms in total. The lowest BCUT2D eigenvalue weighted by atomic mass is 10.1. The number of hydrogen-bond acceptors (Lipinski definition) is 0. The summed E-state index contributed by atoms with van der Waals surface area (Å²) in [7, 11) is 0. The van der Waals surface area contributed by atoms with Gasteiger partial charge in [-0.15, -0.1) is 6.58 Å². The molecule has 17 heavy (non-hydrogen) atoms. The minimum atomic E-state index is -4.29. The van der Waals surface area contributed by atoms with E-state index < -0.39 is 11.7 Å². The van der Waals surface area contributed by atoms with Crippen LogP contribution in [0.2, 0.25) is 0 Å². The first-order valence-electron chi connectivity index (χ1n) is 5.23. The fourth-order valence-corrected chi connectivity index (χ4v) is 1.26. The molecule has 0 saturated heterocycles. The van der Waals surface area contributed by atoms with Crippen LogP contribution in [0.4, 0.5) is 13.2 Å². The third-order valence-electron chi connectivity index (χ3n) is 2.20. The van der Waals surface area contributed by atoms with E-state index in [0.29, 0.717) is 5.56 Å². The Labute approximate surface area is 99.2 Å². The van der Waals surface area contributed by atoms with Crippen LogP contribution in [0.1, 0.15) is 24.5 Å². The van der Waals surface area contributed by atoms with Crippen LogP contribution in [0.3, 0.4) is 0 Å². The van der Waals surface area contributed by atoms with Gasteiger partial charge in [-0.2, -0.15) is 13.2 Å². The fourth-order valence-electron chi connectivity index (χ4n) is 1.26. The van der Waals surface area contributed by atoms with Gasteiger partial charge in [0, 0.05) is 11.5 Å². The van der Waals surface area contributed by atoms with Crippen molar-refractivity contribution >= 4 is 0 Å². The Morgan fingerprint density at radius 3 is 2.35 bits per heavy atom. The van der Waals surface area contributed by atoms with Crippen LogP contribution >= 0.6 is 0 Å². The molecule has 0 bridgehead atoms. The number of alkyl halides is 3. The van der Waals surface area contributed by atoms with Crippen molar-refractivity contribution in [3.8, 4) is 11.8 Å². The van der Waals surface area contributed by atoms with Gasteiger partial charge in [0.15, 0.2) is 0 Å². The molecule has 0 spiro atoms. The predicted octanol–water partition coefficient (Wildman–Crippen LogP) is 4.27. The molecule has 0 heterocycles. The lowest BCUT2D eigenvalue weighted by Gasteiger charge is -2.05. The third-order valence-corrected chi connectivity index (χ3v) is 2.20. The van der Waals surface area contributed by atoms with Gasteiger partial charge in [-0.3, -0.25) is 0 Å². The average Bonchev–Trinajstić information content (AvgIpc) is 2.26. The molecular weight excluding hydrogens is 225 g/mol. The second-order valence-corrected chi connectivity index (χ2v) is 3.77. The van der Waals surface area contributed by atoms with Gasteiger partial charge in [-0.05, 0) is 30.7 Å². The zero-order valence-electron chi connectivity index (χ0n) is 9.51. The van der Waals surface area contributed by atoms with Crippen LogP contribution in [0.25, 0.3) is 0 Å². The highest BCUT2D eigenvalue weighted by molar-refractivity contribution is 5.37. The molecule has 1 aromatic carbocycles. The minimum Gasteiger partial charge on any atom is -0.166 e. The summed E-state index contributed by atoms with van der Waals surface area (Å²) in [5, 5.41) is 0. The Morgan fingerprint density at radius 2 is 1.88 bits per heavy atom. The van der Waals surface area contributed by atoms with Crippen molar-refractivity contribution in [2.24, 2.45) is 5.92 Å². The molecule has 90 valence electrons. The summed E-state index contributed by atoms with van der Waals surface area (Å²) in [4.78, 5) is 0. The Hall–Kier alpha value is -1.69. The Balaban J connectivity index is 2.78. The molecule has 1 unspecified atom stereocenters. The molecule has 3 heteroatoms. The number of halogens is 3. The molecule has 0 aliphatic carbocycles. The van der Waals surface area contributed by atoms with Gasteiger partial charge in [0.2, 0.25) is 0 Å². The zero-order valence-corrected chi connectivity index (χ0v) is 9.51. The van der Waals surface area contributed by atoms with Crippen LogP contribution < -0.4 is 0 Å². The Kier molecular flexibility index (Phi) is 4.39. The van der Waals surface area contributed by atoms with Gasteiger partial charge in [-0.1, -0.05) is 24.8 Å². The number of benzene rings is 1. The number of allylic oxidation sites excluding steroid dienone is 1. The van der Waals surface area contributed by atoms with Gasteiger partial charge < -0.3 is 0 Å². The van der Waals surface area contributed by atoms with E-state index in [1.807, 2.05) is 6.92 Å². The summed E-state index contributed by atoms with van der Waals surface area (Å²) in [6, 6.07) is 4.86. The SMILES string of the molecule is C=CCC(C)C#Cc1ccc(C(F)(F)F)cc1. The summed E-state index contributed by atoms with van der Waals surface area (Å²) in [6.07, 6.45) is -1.75. The van der Waals surface area contributed by atoms with Gasteiger partial charge in [0.25, 0.3) is 0 Å². The van der Waals surface area contributed by atoms with E-state index in [1.165, 1.54) is 12.1 Å². The highest BCUT2D eigenvalue weighted by Gasteiger charge is 2.29. The van der Waals surface area contributed by atoms with E-state index in [9.17, 15) is 13.2 Å². The zero-order chi connectivity index (χ0) is 12.9. The van der Waals surface area contributed by atoms with Crippen molar-refractivity contribution in [3.05, 3.63) is 48.0 Å². The van der Waals surface area contributed by atoms with Crippen LogP contribution in [-0.4, -0.2) is 0 Å². The lowest BCUT2D eigenvalue weighted by molar-refractivity contribution is -0.137. The molecule has 0 saturated carbocycles. The van der Waals surface area contributed by atoms with Crippen LogP contribution in [0, 0.1) is 17.8 Å². The van der Waals surface area contributed by atoms with Crippen molar-refractivity contribution in [3.63, 3.8) is 0 Å². The predicted molar refractivity (Wildman–Crippen MR) is 62.3 cm³/mol. The normalized spacial score (nSPS) is 12.5. The summed E-state index contributed by atoms with van der Waals surface area (Å²) in [6.45, 7) is 5.54. The Bertz CT molecular complexity index is 429. The van der Waals surface area contributed by atoms with Gasteiger partial charge >= 0.3 is 6.18 Å². The molecule has 0 amide bonds. The van der Waals surface area contributed by atoms with Crippen LogP contribution in [-0.2, 0) is 6.18 Å². The summed E-state index contributed by atoms with van der Waals surface area (Å²) >= 11 is 0. The summed E-state index contributed by atoms with van der Waals surface area (Å²) in [5.74, 6) is 5.96. The maximum atomic E-state index is 12.3. The third kappa shape index (κ3) is 4.36. The van der Waals surface area contributed by atoms with E-state index in [0.717, 1.165) is 18.6 Å². The topological polar surface area (TPSA) is 0 Å². The smallest absolute Gasteiger partial charge is 0.166 e. The van der Waals surface area contributed by atoms with E-state index in [4.69, 9.17) is 0 Å². The average molecular weight is 238 g/mol. The summed E-state index contributed by atoms with van der Waals surface area (Å²) in [5.41, 5.74) is -0.0592. The first-order chi connectivity index (χ1) is 7.93. The van der Waals surface area contributed by atoms with E-state index in [-0.39, 0.29) is 5.92 Å². The van der Waals surface area contributed by atoms with E-state index in [1.54, 1.807) is 6.08 Å². The molecular formula is C14H13F3. The molecule has 0 aromatic heterocycles. The second kappa shape index (κ2) is 5.58. The molecule has 1 aromatic rings. The van der Waals surface area contributed by atoms with E-state index >= 15 is 0 Å². The molecule has 0 radical (unpaired) electrons. The number of rotatable bonds is 2. The highest BCUT2D eigenvalue weighted by atomic mass is 19.4. The minimum absolute atomic E-state index is 0.162. The van der Waals surface area contributed by atoms with Crippen molar-refractivity contribution in [2.75, 3.05) is 0 Å². The monoisotopic (exact) mass is 238 g/mol. The van der Waals surface area contributed by atoms with Crippen LogP contribution in [0.5, 0.6) is 0 Å². The number of hydrogen-bond donors (Lipinski definition) is 0. The quantitative estimate of drug-likeness (QED) is 0.533. The Morgan fingerprint density at radius 1 is 1.29 bits per heavy atom. The molecule has 0 aliphatic rings. The van der Waals surface area contributed by atoms with Gasteiger partial charge in [0.1, 0.15) is 0 Å². The van der Waals surface area contributed by atoms with Crippen molar-refractivity contribution in [1.29, 1.82) is 0 Å².